The molecule has 0 aliphatic carbocycles. The van der Waals surface area contributed by atoms with Gasteiger partial charge in [0.25, 0.3) is 5.91 Å². The number of hydrogen-bond donors (Lipinski definition) is 3. The first-order valence-electron chi connectivity index (χ1n) is 7.77. The number of aliphatic hydroxyl groups excluding tert-OH is 1. The largest absolute Gasteiger partial charge is 0.489 e. The minimum Gasteiger partial charge on any atom is -0.489 e. The number of nitrogens with one attached hydrogen (secondary N) is 2. The van der Waals surface area contributed by atoms with E-state index in [0.717, 1.165) is 0 Å². The molecule has 0 aromatic heterocycles. The highest BCUT2D eigenvalue weighted by atomic mass is 35.5. The summed E-state index contributed by atoms with van der Waals surface area (Å²) < 4.78 is 5.42. The highest BCUT2D eigenvalue weighted by molar-refractivity contribution is 6.42. The quantitative estimate of drug-likeness (QED) is 0.670. The van der Waals surface area contributed by atoms with Crippen molar-refractivity contribution in [3.05, 3.63) is 58.1 Å². The SMILES string of the molecule is CC(=O)Nc1cccc(C(=O)NCC(O)COc2cccc(Cl)c2Cl)c1. The first-order valence-corrected chi connectivity index (χ1v) is 8.53. The third-order valence-corrected chi connectivity index (χ3v) is 4.09. The maximum Gasteiger partial charge on any atom is 0.251 e. The molecule has 138 valence electrons. The Hall–Kier alpha value is -2.28. The van der Waals surface area contributed by atoms with Gasteiger partial charge in [-0.1, -0.05) is 35.3 Å². The Labute approximate surface area is 161 Å². The molecule has 2 rings (SSSR count). The lowest BCUT2D eigenvalue weighted by Gasteiger charge is -2.14. The minimum atomic E-state index is -0.937. The molecule has 0 saturated carbocycles. The molecule has 8 heteroatoms. The van der Waals surface area contributed by atoms with E-state index in [-0.39, 0.29) is 30.0 Å². The van der Waals surface area contributed by atoms with Gasteiger partial charge in [0.2, 0.25) is 5.91 Å². The van der Waals surface area contributed by atoms with E-state index < -0.39 is 6.10 Å². The number of ether oxygens (including phenoxy) is 1. The molecule has 0 heterocycles. The molecule has 1 atom stereocenters. The van der Waals surface area contributed by atoms with Gasteiger partial charge in [-0.25, -0.2) is 0 Å². The van der Waals surface area contributed by atoms with Crippen molar-refractivity contribution in [3.8, 4) is 5.75 Å². The van der Waals surface area contributed by atoms with Crippen LogP contribution in [-0.2, 0) is 4.79 Å². The number of halogens is 2. The van der Waals surface area contributed by atoms with Gasteiger partial charge in [0.1, 0.15) is 23.5 Å². The van der Waals surface area contributed by atoms with Gasteiger partial charge in [-0.05, 0) is 30.3 Å². The van der Waals surface area contributed by atoms with Crippen LogP contribution in [0.25, 0.3) is 0 Å². The molecule has 0 radical (unpaired) electrons. The van der Waals surface area contributed by atoms with Crippen molar-refractivity contribution in [2.45, 2.75) is 13.0 Å². The van der Waals surface area contributed by atoms with Gasteiger partial charge in [0, 0.05) is 24.7 Å². The molecule has 3 N–H and O–H groups in total. The van der Waals surface area contributed by atoms with Crippen LogP contribution < -0.4 is 15.4 Å². The summed E-state index contributed by atoms with van der Waals surface area (Å²) in [5, 5.41) is 15.8. The van der Waals surface area contributed by atoms with E-state index in [1.807, 2.05) is 0 Å². The molecule has 6 nitrogen and oxygen atoms in total. The summed E-state index contributed by atoms with van der Waals surface area (Å²) >= 11 is 11.9. The summed E-state index contributed by atoms with van der Waals surface area (Å²) in [5.74, 6) is -0.251. The van der Waals surface area contributed by atoms with Crippen LogP contribution in [0.4, 0.5) is 5.69 Å². The van der Waals surface area contributed by atoms with Gasteiger partial charge in [0.15, 0.2) is 0 Å². The average Bonchev–Trinajstić information content (AvgIpc) is 2.60. The molecule has 0 aliphatic rings. The fraction of sp³-hybridized carbons (Fsp3) is 0.222. The number of rotatable bonds is 7. The van der Waals surface area contributed by atoms with Gasteiger partial charge in [-0.2, -0.15) is 0 Å². The van der Waals surface area contributed by atoms with E-state index >= 15 is 0 Å². The lowest BCUT2D eigenvalue weighted by molar-refractivity contribution is -0.114. The lowest BCUT2D eigenvalue weighted by atomic mass is 10.2. The van der Waals surface area contributed by atoms with Crippen LogP contribution in [0.3, 0.4) is 0 Å². The van der Waals surface area contributed by atoms with Crippen molar-refractivity contribution < 1.29 is 19.4 Å². The van der Waals surface area contributed by atoms with Gasteiger partial charge in [-0.15, -0.1) is 0 Å². The van der Waals surface area contributed by atoms with Crippen LogP contribution in [0, 0.1) is 0 Å². The number of carbonyl (C=O) groups excluding carboxylic acids is 2. The fourth-order valence-electron chi connectivity index (χ4n) is 2.09. The lowest BCUT2D eigenvalue weighted by Crippen LogP contribution is -2.35. The van der Waals surface area contributed by atoms with Crippen molar-refractivity contribution in [1.82, 2.24) is 5.32 Å². The molecule has 0 aliphatic heterocycles. The Morgan fingerprint density at radius 1 is 1.19 bits per heavy atom. The molecule has 2 aromatic rings. The number of aliphatic hydroxyl groups is 1. The van der Waals surface area contributed by atoms with Crippen LogP contribution in [-0.4, -0.2) is 36.2 Å². The van der Waals surface area contributed by atoms with Crippen molar-refractivity contribution in [1.29, 1.82) is 0 Å². The van der Waals surface area contributed by atoms with Crippen molar-refractivity contribution in [2.75, 3.05) is 18.5 Å². The summed E-state index contributed by atoms with van der Waals surface area (Å²) in [7, 11) is 0. The average molecular weight is 397 g/mol. The van der Waals surface area contributed by atoms with E-state index in [0.29, 0.717) is 22.0 Å². The van der Waals surface area contributed by atoms with E-state index in [1.54, 1.807) is 42.5 Å². The molecule has 0 spiro atoms. The molecule has 2 amide bonds. The Morgan fingerprint density at radius 2 is 1.92 bits per heavy atom. The molecule has 0 fully saturated rings. The van der Waals surface area contributed by atoms with Crippen molar-refractivity contribution in [3.63, 3.8) is 0 Å². The Kier molecular flexibility index (Phi) is 7.26. The van der Waals surface area contributed by atoms with Gasteiger partial charge in [0.05, 0.1) is 5.02 Å². The molecule has 0 bridgehead atoms. The zero-order valence-electron chi connectivity index (χ0n) is 14.0. The minimum absolute atomic E-state index is 0.0125. The smallest absolute Gasteiger partial charge is 0.251 e. The maximum atomic E-state index is 12.1. The van der Waals surface area contributed by atoms with E-state index in [1.165, 1.54) is 6.92 Å². The second kappa shape index (κ2) is 9.43. The van der Waals surface area contributed by atoms with Crippen molar-refractivity contribution >= 4 is 40.7 Å². The maximum absolute atomic E-state index is 12.1. The van der Waals surface area contributed by atoms with Crippen LogP contribution in [0.2, 0.25) is 10.0 Å². The summed E-state index contributed by atoms with van der Waals surface area (Å²) in [6, 6.07) is 11.4. The second-order valence-corrected chi connectivity index (χ2v) is 6.27. The van der Waals surface area contributed by atoms with Crippen LogP contribution in [0.5, 0.6) is 5.75 Å². The monoisotopic (exact) mass is 396 g/mol. The summed E-state index contributed by atoms with van der Waals surface area (Å²) in [4.78, 5) is 23.2. The first kappa shape index (κ1) is 20.0. The number of hydrogen-bond acceptors (Lipinski definition) is 4. The van der Waals surface area contributed by atoms with Gasteiger partial charge < -0.3 is 20.5 Å². The zero-order valence-corrected chi connectivity index (χ0v) is 15.5. The molecular formula is C18H18Cl2N2O4. The highest BCUT2D eigenvalue weighted by Crippen LogP contribution is 2.31. The van der Waals surface area contributed by atoms with E-state index in [2.05, 4.69) is 10.6 Å². The predicted octanol–water partition coefficient (Wildman–Crippen LogP) is 3.12. The molecule has 26 heavy (non-hydrogen) atoms. The number of benzene rings is 2. The Bertz CT molecular complexity index is 799. The third kappa shape index (κ3) is 5.91. The highest BCUT2D eigenvalue weighted by Gasteiger charge is 2.12. The Balaban J connectivity index is 1.85. The third-order valence-electron chi connectivity index (χ3n) is 3.29. The van der Waals surface area contributed by atoms with Gasteiger partial charge >= 0.3 is 0 Å². The Morgan fingerprint density at radius 3 is 2.65 bits per heavy atom. The summed E-state index contributed by atoms with van der Waals surface area (Å²) in [6.07, 6.45) is -0.937. The van der Waals surface area contributed by atoms with Gasteiger partial charge in [-0.3, -0.25) is 9.59 Å². The summed E-state index contributed by atoms with van der Waals surface area (Å²) in [5.41, 5.74) is 0.881. The van der Waals surface area contributed by atoms with E-state index in [4.69, 9.17) is 27.9 Å². The predicted molar refractivity (Wildman–Crippen MR) is 101 cm³/mol. The van der Waals surface area contributed by atoms with Crippen LogP contribution >= 0.6 is 23.2 Å². The van der Waals surface area contributed by atoms with Crippen LogP contribution in [0.1, 0.15) is 17.3 Å². The summed E-state index contributed by atoms with van der Waals surface area (Å²) in [6.45, 7) is 1.31. The van der Waals surface area contributed by atoms with Crippen LogP contribution in [0.15, 0.2) is 42.5 Å². The fourth-order valence-corrected chi connectivity index (χ4v) is 2.44. The zero-order chi connectivity index (χ0) is 19.1. The molecule has 0 saturated heterocycles. The second-order valence-electron chi connectivity index (χ2n) is 5.49. The number of amides is 2. The van der Waals surface area contributed by atoms with E-state index in [9.17, 15) is 14.7 Å². The normalized spacial score (nSPS) is 11.5. The molecular weight excluding hydrogens is 379 g/mol. The number of carbonyl (C=O) groups is 2. The molecule has 2 aromatic carbocycles. The molecule has 1 unspecified atom stereocenters. The topological polar surface area (TPSA) is 87.7 Å². The standard InChI is InChI=1S/C18H18Cl2N2O4/c1-11(23)22-13-5-2-4-12(8-13)18(25)21-9-14(24)10-26-16-7-3-6-15(19)17(16)20/h2-8,14,24H,9-10H2,1H3,(H,21,25)(H,22,23). The first-order chi connectivity index (χ1) is 12.4. The van der Waals surface area contributed by atoms with Crippen molar-refractivity contribution in [2.24, 2.45) is 0 Å². The number of anilines is 1.